The summed E-state index contributed by atoms with van der Waals surface area (Å²) in [5.74, 6) is 1.22. The summed E-state index contributed by atoms with van der Waals surface area (Å²) >= 11 is 0. The van der Waals surface area contributed by atoms with Crippen molar-refractivity contribution in [2.24, 2.45) is 34.5 Å². The van der Waals surface area contributed by atoms with Crippen molar-refractivity contribution >= 4 is 18.0 Å². The van der Waals surface area contributed by atoms with Crippen LogP contribution >= 0.6 is 0 Å². The van der Waals surface area contributed by atoms with Gasteiger partial charge in [0.2, 0.25) is 0 Å². The maximum atomic E-state index is 13.6. The van der Waals surface area contributed by atoms with E-state index < -0.39 is 28.9 Å². The molecule has 1 heterocycles. The molecule has 33 heavy (non-hydrogen) atoms. The van der Waals surface area contributed by atoms with E-state index in [0.29, 0.717) is 24.2 Å². The number of nitrogens with zero attached hydrogens (tertiary/aromatic N) is 1. The maximum absolute atomic E-state index is 13.6. The summed E-state index contributed by atoms with van der Waals surface area (Å²) in [5.41, 5.74) is -2.73. The first-order valence-electron chi connectivity index (χ1n) is 12.9. The lowest BCUT2D eigenvalue weighted by molar-refractivity contribution is -0.176. The fraction of sp³-hybridized carbons (Fsp3) is 0.885. The minimum absolute atomic E-state index is 0.0998. The SMILES string of the molecule is CCOC(=O)[C@]1(CC(C)C)CN(C(=O)OC23CC4CC(CC(C4)C2)C3)C[C@]1(C)C(=O)OCC. The molecule has 0 N–H and O–H groups in total. The van der Waals surface area contributed by atoms with Crippen molar-refractivity contribution in [3.8, 4) is 0 Å². The van der Waals surface area contributed by atoms with E-state index in [1.165, 1.54) is 19.3 Å². The Kier molecular flexibility index (Phi) is 6.47. The standard InChI is InChI=1S/C26H41NO6/c1-6-31-21(28)24(5)15-27(16-26(24,11-17(3)4)22(29)32-7-2)23(30)33-25-12-18-8-19(13-25)10-20(9-18)14-25/h17-20H,6-16H2,1-5H3/t18?,19?,20?,24-,25?,26+/m1/s1. The zero-order valence-corrected chi connectivity index (χ0v) is 21.0. The number of carbonyl (C=O) groups excluding carboxylic acids is 3. The van der Waals surface area contributed by atoms with Crippen molar-refractivity contribution in [3.05, 3.63) is 0 Å². The van der Waals surface area contributed by atoms with Crippen LogP contribution in [-0.2, 0) is 23.8 Å². The highest BCUT2D eigenvalue weighted by atomic mass is 16.6. The van der Waals surface area contributed by atoms with E-state index in [2.05, 4.69) is 0 Å². The second-order valence-electron chi connectivity index (χ2n) is 11.8. The fourth-order valence-corrected chi connectivity index (χ4v) is 7.80. The van der Waals surface area contributed by atoms with Gasteiger partial charge in [-0.3, -0.25) is 9.59 Å². The van der Waals surface area contributed by atoms with Gasteiger partial charge in [-0.25, -0.2) is 4.79 Å². The van der Waals surface area contributed by atoms with Crippen molar-refractivity contribution in [3.63, 3.8) is 0 Å². The molecule has 5 fully saturated rings. The molecule has 0 aromatic rings. The van der Waals surface area contributed by atoms with Crippen LogP contribution in [0.3, 0.4) is 0 Å². The second kappa shape index (κ2) is 8.77. The maximum Gasteiger partial charge on any atom is 0.410 e. The lowest BCUT2D eigenvalue weighted by atomic mass is 9.54. The summed E-state index contributed by atoms with van der Waals surface area (Å²) in [6, 6.07) is 0. The first-order valence-corrected chi connectivity index (χ1v) is 12.9. The number of esters is 2. The molecule has 4 aliphatic carbocycles. The van der Waals surface area contributed by atoms with E-state index in [1.807, 2.05) is 13.8 Å². The largest absolute Gasteiger partial charge is 0.465 e. The third kappa shape index (κ3) is 4.14. The zero-order chi connectivity index (χ0) is 24.0. The van der Waals surface area contributed by atoms with Crippen LogP contribution in [0.5, 0.6) is 0 Å². The number of likely N-dealkylation sites (tertiary alicyclic amines) is 1. The highest BCUT2D eigenvalue weighted by Crippen LogP contribution is 2.58. The summed E-state index contributed by atoms with van der Waals surface area (Å²) in [6.45, 7) is 9.95. The van der Waals surface area contributed by atoms with E-state index in [-0.39, 0.29) is 37.8 Å². The summed E-state index contributed by atoms with van der Waals surface area (Å²) in [4.78, 5) is 41.8. The summed E-state index contributed by atoms with van der Waals surface area (Å²) in [7, 11) is 0. The average Bonchev–Trinajstić information content (AvgIpc) is 3.01. The van der Waals surface area contributed by atoms with Crippen LogP contribution in [-0.4, -0.2) is 54.8 Å². The van der Waals surface area contributed by atoms with Gasteiger partial charge in [0.05, 0.1) is 13.2 Å². The molecule has 1 saturated heterocycles. The number of rotatable bonds is 7. The molecule has 0 aromatic heterocycles. The van der Waals surface area contributed by atoms with Gasteiger partial charge < -0.3 is 19.1 Å². The van der Waals surface area contributed by atoms with Gasteiger partial charge in [-0.2, -0.15) is 0 Å². The van der Waals surface area contributed by atoms with E-state index in [4.69, 9.17) is 14.2 Å². The zero-order valence-electron chi connectivity index (χ0n) is 21.0. The Morgan fingerprint density at radius 3 is 1.88 bits per heavy atom. The summed E-state index contributed by atoms with van der Waals surface area (Å²) in [6.07, 6.45) is 6.67. The van der Waals surface area contributed by atoms with Crippen molar-refractivity contribution in [1.82, 2.24) is 4.90 Å². The van der Waals surface area contributed by atoms with Gasteiger partial charge in [-0.1, -0.05) is 13.8 Å². The van der Waals surface area contributed by atoms with E-state index in [0.717, 1.165) is 19.3 Å². The van der Waals surface area contributed by atoms with Crippen LogP contribution in [0.1, 0.15) is 79.6 Å². The van der Waals surface area contributed by atoms with Gasteiger partial charge in [0, 0.05) is 13.1 Å². The van der Waals surface area contributed by atoms with Crippen molar-refractivity contribution in [2.45, 2.75) is 85.2 Å². The smallest absolute Gasteiger partial charge is 0.410 e. The topological polar surface area (TPSA) is 82.1 Å². The number of ether oxygens (including phenoxy) is 3. The molecule has 7 heteroatoms. The Bertz CT molecular complexity index is 758. The van der Waals surface area contributed by atoms with Gasteiger partial charge in [0.1, 0.15) is 16.4 Å². The average molecular weight is 464 g/mol. The Morgan fingerprint density at radius 1 is 0.879 bits per heavy atom. The number of carbonyl (C=O) groups is 3. The van der Waals surface area contributed by atoms with Gasteiger partial charge in [-0.05, 0) is 89.4 Å². The minimum Gasteiger partial charge on any atom is -0.465 e. The predicted molar refractivity (Wildman–Crippen MR) is 122 cm³/mol. The molecule has 0 unspecified atom stereocenters. The quantitative estimate of drug-likeness (QED) is 0.406. The number of hydrogen-bond acceptors (Lipinski definition) is 6. The highest BCUT2D eigenvalue weighted by Gasteiger charge is 2.66. The molecule has 5 aliphatic rings. The normalized spacial score (nSPS) is 39.1. The van der Waals surface area contributed by atoms with Crippen LogP contribution in [0, 0.1) is 34.5 Å². The number of amides is 1. The molecule has 0 spiro atoms. The van der Waals surface area contributed by atoms with Crippen LogP contribution in [0.25, 0.3) is 0 Å². The predicted octanol–water partition coefficient (Wildman–Crippen LogP) is 4.57. The van der Waals surface area contributed by atoms with Crippen LogP contribution < -0.4 is 0 Å². The number of hydrogen-bond donors (Lipinski definition) is 0. The Hall–Kier alpha value is -1.79. The van der Waals surface area contributed by atoms with Crippen LogP contribution in [0.15, 0.2) is 0 Å². The molecular formula is C26H41NO6. The molecule has 0 aromatic carbocycles. The Labute approximate surface area is 197 Å². The van der Waals surface area contributed by atoms with E-state index in [1.54, 1.807) is 25.7 Å². The van der Waals surface area contributed by atoms with Gasteiger partial charge >= 0.3 is 18.0 Å². The van der Waals surface area contributed by atoms with E-state index in [9.17, 15) is 14.4 Å². The summed E-state index contributed by atoms with van der Waals surface area (Å²) < 4.78 is 17.2. The monoisotopic (exact) mass is 463 g/mol. The van der Waals surface area contributed by atoms with Crippen molar-refractivity contribution in [2.75, 3.05) is 26.3 Å². The molecule has 2 atom stereocenters. The molecule has 186 valence electrons. The molecule has 4 saturated carbocycles. The van der Waals surface area contributed by atoms with Crippen molar-refractivity contribution < 1.29 is 28.6 Å². The first kappa shape index (κ1) is 24.3. The molecule has 7 nitrogen and oxygen atoms in total. The molecule has 1 aliphatic heterocycles. The lowest BCUT2D eigenvalue weighted by Crippen LogP contribution is -2.54. The molecular weight excluding hydrogens is 422 g/mol. The van der Waals surface area contributed by atoms with Gasteiger partial charge in [0.25, 0.3) is 0 Å². The summed E-state index contributed by atoms with van der Waals surface area (Å²) in [5, 5.41) is 0. The lowest BCUT2D eigenvalue weighted by Gasteiger charge is -2.55. The molecule has 0 radical (unpaired) electrons. The Balaban J connectivity index is 1.61. The Morgan fingerprint density at radius 2 is 1.39 bits per heavy atom. The third-order valence-electron chi connectivity index (χ3n) is 8.72. The molecule has 1 amide bonds. The van der Waals surface area contributed by atoms with Gasteiger partial charge in [-0.15, -0.1) is 0 Å². The minimum atomic E-state index is -1.19. The highest BCUT2D eigenvalue weighted by molar-refractivity contribution is 5.91. The first-order chi connectivity index (χ1) is 15.6. The third-order valence-corrected chi connectivity index (χ3v) is 8.72. The fourth-order valence-electron chi connectivity index (χ4n) is 7.80. The second-order valence-corrected chi connectivity index (χ2v) is 11.8. The molecule has 5 rings (SSSR count). The van der Waals surface area contributed by atoms with Crippen LogP contribution in [0.2, 0.25) is 0 Å². The van der Waals surface area contributed by atoms with Crippen molar-refractivity contribution in [1.29, 1.82) is 0 Å². The molecule has 4 bridgehead atoms. The van der Waals surface area contributed by atoms with Crippen LogP contribution in [0.4, 0.5) is 4.79 Å². The van der Waals surface area contributed by atoms with Gasteiger partial charge in [0.15, 0.2) is 0 Å². The van der Waals surface area contributed by atoms with E-state index >= 15 is 0 Å².